The molecule has 1 fully saturated rings. The van der Waals surface area contributed by atoms with Crippen molar-refractivity contribution < 1.29 is 13.9 Å². The molecule has 7 nitrogen and oxygen atoms in total. The summed E-state index contributed by atoms with van der Waals surface area (Å²) in [5.41, 5.74) is 5.48. The zero-order valence-electron chi connectivity index (χ0n) is 19.1. The topological polar surface area (TPSA) is 78.6 Å². The third-order valence-corrected chi connectivity index (χ3v) is 6.31. The van der Waals surface area contributed by atoms with Gasteiger partial charge in [0.25, 0.3) is 0 Å². The molecule has 0 aliphatic carbocycles. The lowest BCUT2D eigenvalue weighted by molar-refractivity contribution is -0.132. The normalized spacial score (nSPS) is 16.4. The highest BCUT2D eigenvalue weighted by Gasteiger charge is 2.20. The number of aliphatic imine (C=N–C) groups is 2. The van der Waals surface area contributed by atoms with Crippen molar-refractivity contribution in [3.05, 3.63) is 63.9 Å². The van der Waals surface area contributed by atoms with Crippen LogP contribution in [0.2, 0.25) is 0 Å². The van der Waals surface area contributed by atoms with Gasteiger partial charge in [0.05, 0.1) is 25.1 Å². The second-order valence-electron chi connectivity index (χ2n) is 8.18. The van der Waals surface area contributed by atoms with E-state index in [2.05, 4.69) is 41.3 Å². The van der Waals surface area contributed by atoms with Crippen LogP contribution in [0, 0.1) is 5.82 Å². The molecule has 0 amide bonds. The van der Waals surface area contributed by atoms with Crippen LogP contribution in [0.25, 0.3) is 0 Å². The second-order valence-corrected chi connectivity index (χ2v) is 9.09. The summed E-state index contributed by atoms with van der Waals surface area (Å²) in [5.74, 6) is -0.371. The Bertz CT molecular complexity index is 1140. The molecule has 9 heteroatoms. The van der Waals surface area contributed by atoms with Gasteiger partial charge in [0.1, 0.15) is 17.4 Å². The Morgan fingerprint density at radius 1 is 1.21 bits per heavy atom. The number of carbonyl (C=O) groups is 1. The quantitative estimate of drug-likeness (QED) is 0.327. The smallest absolute Gasteiger partial charge is 0.354 e. The molecule has 0 saturated carbocycles. The van der Waals surface area contributed by atoms with Gasteiger partial charge < -0.3 is 9.64 Å². The van der Waals surface area contributed by atoms with Crippen molar-refractivity contribution in [2.24, 2.45) is 15.1 Å². The Morgan fingerprint density at radius 2 is 2.00 bits per heavy atom. The fraction of sp³-hybridized carbons (Fsp3) is 0.360. The Morgan fingerprint density at radius 3 is 2.76 bits per heavy atom. The number of hydrogen-bond acceptors (Lipinski definition) is 7. The first-order chi connectivity index (χ1) is 16.5. The monoisotopic (exact) mass is 527 g/mol. The van der Waals surface area contributed by atoms with Gasteiger partial charge >= 0.3 is 5.97 Å². The summed E-state index contributed by atoms with van der Waals surface area (Å²) in [6.45, 7) is 3.30. The largest absolute Gasteiger partial charge is 0.464 e. The molecule has 1 saturated heterocycles. The number of ether oxygens (including phenoxy) is 1. The van der Waals surface area contributed by atoms with Crippen molar-refractivity contribution in [1.82, 2.24) is 10.3 Å². The highest BCUT2D eigenvalue weighted by atomic mass is 79.9. The number of carbonyl (C=O) groups excluding carboxylic acids is 1. The highest BCUT2D eigenvalue weighted by molar-refractivity contribution is 9.10. The number of fused-ring (bicyclic) bond motifs is 1. The van der Waals surface area contributed by atoms with Crippen molar-refractivity contribution in [3.8, 4) is 0 Å². The van der Waals surface area contributed by atoms with Gasteiger partial charge in [0.15, 0.2) is 0 Å². The molecule has 2 aromatic carbocycles. The molecule has 2 aromatic rings. The number of nitrogens with zero attached hydrogens (tertiary/aromatic N) is 4. The van der Waals surface area contributed by atoms with E-state index in [1.54, 1.807) is 18.2 Å². The van der Waals surface area contributed by atoms with E-state index in [1.165, 1.54) is 26.0 Å². The van der Waals surface area contributed by atoms with Gasteiger partial charge in [0.2, 0.25) is 0 Å². The number of rotatable bonds is 7. The summed E-state index contributed by atoms with van der Waals surface area (Å²) in [7, 11) is 1.35. The fourth-order valence-electron chi connectivity index (χ4n) is 4.09. The molecule has 0 aromatic heterocycles. The third-order valence-electron chi connectivity index (χ3n) is 5.81. The molecule has 2 aliphatic heterocycles. The van der Waals surface area contributed by atoms with Crippen molar-refractivity contribution in [1.29, 1.82) is 0 Å². The minimum atomic E-state index is -0.471. The summed E-state index contributed by atoms with van der Waals surface area (Å²) in [6.07, 6.45) is 3.77. The van der Waals surface area contributed by atoms with E-state index >= 15 is 0 Å². The summed E-state index contributed by atoms with van der Waals surface area (Å²) >= 11 is 3.48. The van der Waals surface area contributed by atoms with Gasteiger partial charge in [0, 0.05) is 22.0 Å². The average Bonchev–Trinajstić information content (AvgIpc) is 3.29. The molecule has 2 heterocycles. The fourth-order valence-corrected chi connectivity index (χ4v) is 4.44. The standard InChI is InChI=1S/C25H27BrFN5O2/c1-34-25(33)21(9-6-14-32-12-4-5-13-32)30-31-23-16-28-24(18-7-2-3-8-20(18)27)19-11-10-17(26)15-22(19)29-23/h2-3,7-8,10-11,15H,4-6,9,12-14,16H2,1H3,(H,29,31)/b30-21+. The number of benzene rings is 2. The first kappa shape index (κ1) is 24.2. The molecule has 178 valence electrons. The lowest BCUT2D eigenvalue weighted by atomic mass is 10.0. The van der Waals surface area contributed by atoms with Gasteiger partial charge in [-0.25, -0.2) is 14.2 Å². The van der Waals surface area contributed by atoms with Crippen LogP contribution in [-0.4, -0.2) is 61.4 Å². The number of methoxy groups -OCH3 is 1. The van der Waals surface area contributed by atoms with Crippen LogP contribution in [0.5, 0.6) is 0 Å². The van der Waals surface area contributed by atoms with E-state index in [-0.39, 0.29) is 12.4 Å². The number of esters is 1. The first-order valence-corrected chi connectivity index (χ1v) is 12.1. The van der Waals surface area contributed by atoms with Crippen molar-refractivity contribution in [2.45, 2.75) is 25.7 Å². The molecule has 0 atom stereocenters. The summed E-state index contributed by atoms with van der Waals surface area (Å²) in [6, 6.07) is 12.1. The molecule has 0 spiro atoms. The summed E-state index contributed by atoms with van der Waals surface area (Å²) in [4.78, 5) is 24.0. The van der Waals surface area contributed by atoms with Crippen LogP contribution in [0.1, 0.15) is 36.8 Å². The predicted molar refractivity (Wildman–Crippen MR) is 136 cm³/mol. The average molecular weight is 528 g/mol. The van der Waals surface area contributed by atoms with Gasteiger partial charge in [-0.05, 0) is 69.2 Å². The van der Waals surface area contributed by atoms with Crippen LogP contribution >= 0.6 is 15.9 Å². The van der Waals surface area contributed by atoms with Gasteiger partial charge in [-0.15, -0.1) is 0 Å². The molecule has 0 radical (unpaired) electrons. The predicted octanol–water partition coefficient (Wildman–Crippen LogP) is 4.46. The van der Waals surface area contributed by atoms with E-state index in [9.17, 15) is 9.18 Å². The first-order valence-electron chi connectivity index (χ1n) is 11.3. The van der Waals surface area contributed by atoms with Gasteiger partial charge in [-0.1, -0.05) is 28.1 Å². The molecule has 0 unspecified atom stereocenters. The van der Waals surface area contributed by atoms with E-state index in [1.807, 2.05) is 18.2 Å². The number of hydrazone groups is 1. The number of nitrogens with one attached hydrogen (secondary N) is 1. The molecule has 2 aliphatic rings. The molecule has 4 rings (SSSR count). The van der Waals surface area contributed by atoms with E-state index in [4.69, 9.17) is 4.74 Å². The minimum absolute atomic E-state index is 0.154. The molecular weight excluding hydrogens is 501 g/mol. The zero-order chi connectivity index (χ0) is 23.9. The van der Waals surface area contributed by atoms with Crippen LogP contribution in [0.3, 0.4) is 0 Å². The number of amidine groups is 1. The second kappa shape index (κ2) is 11.5. The van der Waals surface area contributed by atoms with E-state index in [0.717, 1.165) is 30.5 Å². The van der Waals surface area contributed by atoms with Crippen LogP contribution < -0.4 is 5.43 Å². The Balaban J connectivity index is 1.56. The van der Waals surface area contributed by atoms with Crippen molar-refractivity contribution in [3.63, 3.8) is 0 Å². The maximum atomic E-state index is 14.6. The third kappa shape index (κ3) is 5.95. The van der Waals surface area contributed by atoms with Gasteiger partial charge in [-0.3, -0.25) is 10.4 Å². The van der Waals surface area contributed by atoms with Crippen LogP contribution in [0.4, 0.5) is 10.1 Å². The minimum Gasteiger partial charge on any atom is -0.464 e. The lowest BCUT2D eigenvalue weighted by Gasteiger charge is -2.14. The van der Waals surface area contributed by atoms with Crippen molar-refractivity contribution >= 4 is 44.8 Å². The molecule has 1 N–H and O–H groups in total. The number of likely N-dealkylation sites (tertiary alicyclic amines) is 1. The number of halogens is 2. The Kier molecular flexibility index (Phi) is 8.18. The zero-order valence-corrected chi connectivity index (χ0v) is 20.6. The molecule has 34 heavy (non-hydrogen) atoms. The highest BCUT2D eigenvalue weighted by Crippen LogP contribution is 2.29. The summed E-state index contributed by atoms with van der Waals surface area (Å²) < 4.78 is 20.3. The lowest BCUT2D eigenvalue weighted by Crippen LogP contribution is -2.27. The Hall–Kier alpha value is -2.91. The summed E-state index contributed by atoms with van der Waals surface area (Å²) in [5, 5.41) is 4.32. The van der Waals surface area contributed by atoms with Crippen LogP contribution in [-0.2, 0) is 9.53 Å². The maximum Gasteiger partial charge on any atom is 0.354 e. The van der Waals surface area contributed by atoms with E-state index < -0.39 is 5.97 Å². The SMILES string of the molecule is COC(=O)/C(CCCN1CCCC1)=N/NC1=Nc2cc(Br)ccc2C(c2ccccc2F)=NC1. The maximum absolute atomic E-state index is 14.6. The van der Waals surface area contributed by atoms with Gasteiger partial charge in [-0.2, -0.15) is 5.10 Å². The molecule has 0 bridgehead atoms. The molecular formula is C25H27BrFN5O2. The number of hydrogen-bond donors (Lipinski definition) is 1. The Labute approximate surface area is 206 Å². The van der Waals surface area contributed by atoms with Crippen molar-refractivity contribution in [2.75, 3.05) is 33.3 Å². The van der Waals surface area contributed by atoms with E-state index in [0.29, 0.717) is 40.5 Å². The van der Waals surface area contributed by atoms with Crippen LogP contribution in [0.15, 0.2) is 62.0 Å².